The minimum absolute atomic E-state index is 0.143. The van der Waals surface area contributed by atoms with Crippen molar-refractivity contribution in [1.82, 2.24) is 10.2 Å². The van der Waals surface area contributed by atoms with Crippen LogP contribution in [0.2, 0.25) is 0 Å². The van der Waals surface area contributed by atoms with Gasteiger partial charge in [-0.1, -0.05) is 66.7 Å². The zero-order valence-electron chi connectivity index (χ0n) is 13.2. The van der Waals surface area contributed by atoms with Gasteiger partial charge >= 0.3 is 6.03 Å². The number of benzene rings is 2. The van der Waals surface area contributed by atoms with Crippen molar-refractivity contribution in [2.45, 2.75) is 18.4 Å². The highest BCUT2D eigenvalue weighted by Crippen LogP contribution is 2.41. The van der Waals surface area contributed by atoms with E-state index in [0.29, 0.717) is 6.42 Å². The van der Waals surface area contributed by atoms with Crippen molar-refractivity contribution in [2.75, 3.05) is 6.54 Å². The summed E-state index contributed by atoms with van der Waals surface area (Å²) in [5.74, 6) is -0.143. The Labute approximate surface area is 140 Å². The number of rotatable bonds is 3. The number of aryl methyl sites for hydroxylation is 1. The Bertz CT molecular complexity index is 829. The zero-order chi connectivity index (χ0) is 16.6. The van der Waals surface area contributed by atoms with Gasteiger partial charge in [0.05, 0.1) is 0 Å². The first-order valence-corrected chi connectivity index (χ1v) is 8.15. The lowest BCUT2D eigenvalue weighted by Crippen LogP contribution is -2.41. The van der Waals surface area contributed by atoms with Crippen LogP contribution >= 0.6 is 0 Å². The smallest absolute Gasteiger partial charge is 0.319 e. The molecule has 1 aliphatic heterocycles. The standard InChI is InChI=1S/C20H18N2O2/c23-18-20(13-12-16-10-4-5-11-17(16)20)21-19(24)22(18)14-6-9-15-7-2-1-3-8-15/h1-11H,12-14H2,(H,21,24)/b9-6+/t20-/m1/s1. The molecule has 24 heavy (non-hydrogen) atoms. The number of nitrogens with zero attached hydrogens (tertiary/aromatic N) is 1. The minimum Gasteiger partial charge on any atom is -0.319 e. The van der Waals surface area contributed by atoms with Gasteiger partial charge in [0.1, 0.15) is 5.54 Å². The first kappa shape index (κ1) is 14.7. The van der Waals surface area contributed by atoms with Crippen molar-refractivity contribution in [1.29, 1.82) is 0 Å². The van der Waals surface area contributed by atoms with E-state index in [9.17, 15) is 9.59 Å². The number of carbonyl (C=O) groups excluding carboxylic acids is 2. The molecule has 0 bridgehead atoms. The van der Waals surface area contributed by atoms with Crippen LogP contribution in [0.25, 0.3) is 6.08 Å². The normalized spacial score (nSPS) is 22.4. The molecule has 3 amide bonds. The lowest BCUT2D eigenvalue weighted by molar-refractivity contribution is -0.131. The fraction of sp³-hybridized carbons (Fsp3) is 0.200. The van der Waals surface area contributed by atoms with Gasteiger partial charge in [0.15, 0.2) is 0 Å². The third-order valence-electron chi connectivity index (χ3n) is 4.82. The van der Waals surface area contributed by atoms with Crippen LogP contribution in [-0.4, -0.2) is 23.4 Å². The Balaban J connectivity index is 1.56. The topological polar surface area (TPSA) is 49.4 Å². The fourth-order valence-corrected chi connectivity index (χ4v) is 3.61. The van der Waals surface area contributed by atoms with Crippen molar-refractivity contribution in [3.05, 3.63) is 77.4 Å². The fourth-order valence-electron chi connectivity index (χ4n) is 3.61. The van der Waals surface area contributed by atoms with Crippen LogP contribution < -0.4 is 5.32 Å². The van der Waals surface area contributed by atoms with Crippen molar-refractivity contribution in [3.63, 3.8) is 0 Å². The Hall–Kier alpha value is -2.88. The summed E-state index contributed by atoms with van der Waals surface area (Å²) in [6.07, 6.45) is 5.23. The number of hydrogen-bond acceptors (Lipinski definition) is 2. The van der Waals surface area contributed by atoms with E-state index in [2.05, 4.69) is 5.32 Å². The number of amides is 3. The highest BCUT2D eigenvalue weighted by molar-refractivity contribution is 6.08. The molecule has 4 rings (SSSR count). The second-order valence-corrected chi connectivity index (χ2v) is 6.22. The molecule has 1 spiro atoms. The summed E-state index contributed by atoms with van der Waals surface area (Å²) in [5, 5.41) is 2.94. The molecule has 4 heteroatoms. The summed E-state index contributed by atoms with van der Waals surface area (Å²) < 4.78 is 0. The number of urea groups is 1. The van der Waals surface area contributed by atoms with Crippen molar-refractivity contribution in [2.24, 2.45) is 0 Å². The van der Waals surface area contributed by atoms with Gasteiger partial charge in [-0.15, -0.1) is 0 Å². The predicted octanol–water partition coefficient (Wildman–Crippen LogP) is 3.09. The molecule has 2 aliphatic rings. The Morgan fingerprint density at radius 2 is 1.79 bits per heavy atom. The van der Waals surface area contributed by atoms with Crippen LogP contribution in [0.15, 0.2) is 60.7 Å². The Morgan fingerprint density at radius 3 is 2.62 bits per heavy atom. The molecule has 120 valence electrons. The van der Waals surface area contributed by atoms with Crippen LogP contribution in [-0.2, 0) is 16.8 Å². The van der Waals surface area contributed by atoms with E-state index in [1.54, 1.807) is 0 Å². The molecule has 2 aromatic rings. The van der Waals surface area contributed by atoms with Gasteiger partial charge in [-0.25, -0.2) is 4.79 Å². The lowest BCUT2D eigenvalue weighted by atomic mass is 9.92. The summed E-state index contributed by atoms with van der Waals surface area (Å²) >= 11 is 0. The predicted molar refractivity (Wildman–Crippen MR) is 92.2 cm³/mol. The monoisotopic (exact) mass is 318 g/mol. The van der Waals surface area contributed by atoms with Crippen LogP contribution in [0.1, 0.15) is 23.1 Å². The Kier molecular flexibility index (Phi) is 3.45. The molecular weight excluding hydrogens is 300 g/mol. The maximum absolute atomic E-state index is 13.0. The molecule has 1 fully saturated rings. The number of nitrogens with one attached hydrogen (secondary N) is 1. The van der Waals surface area contributed by atoms with E-state index in [1.807, 2.05) is 66.7 Å². The van der Waals surface area contributed by atoms with Crippen molar-refractivity contribution in [3.8, 4) is 0 Å². The summed E-state index contributed by atoms with van der Waals surface area (Å²) in [5.41, 5.74) is 2.27. The highest BCUT2D eigenvalue weighted by atomic mass is 16.2. The SMILES string of the molecule is O=C1N[C@@]2(CCc3ccccc32)C(=O)N1C/C=C/c1ccccc1. The van der Waals surface area contributed by atoms with Gasteiger partial charge in [-0.05, 0) is 29.5 Å². The van der Waals surface area contributed by atoms with Crippen LogP contribution in [0.5, 0.6) is 0 Å². The van der Waals surface area contributed by atoms with Crippen molar-refractivity contribution < 1.29 is 9.59 Å². The highest BCUT2D eigenvalue weighted by Gasteiger charge is 2.54. The van der Waals surface area contributed by atoms with Gasteiger partial charge in [0, 0.05) is 6.54 Å². The molecule has 2 aromatic carbocycles. The molecule has 1 saturated heterocycles. The van der Waals surface area contributed by atoms with E-state index >= 15 is 0 Å². The van der Waals surface area contributed by atoms with E-state index in [4.69, 9.17) is 0 Å². The summed E-state index contributed by atoms with van der Waals surface area (Å²) in [7, 11) is 0. The second-order valence-electron chi connectivity index (χ2n) is 6.22. The van der Waals surface area contributed by atoms with E-state index in [1.165, 1.54) is 4.90 Å². The maximum atomic E-state index is 13.0. The second kappa shape index (κ2) is 5.64. The average Bonchev–Trinajstić information content (AvgIpc) is 3.09. The van der Waals surface area contributed by atoms with Crippen LogP contribution in [0, 0.1) is 0 Å². The van der Waals surface area contributed by atoms with Crippen LogP contribution in [0.3, 0.4) is 0 Å². The average molecular weight is 318 g/mol. The van der Waals surface area contributed by atoms with Crippen LogP contribution in [0.4, 0.5) is 4.79 Å². The minimum atomic E-state index is -0.867. The van der Waals surface area contributed by atoms with E-state index < -0.39 is 5.54 Å². The third kappa shape index (κ3) is 2.22. The summed E-state index contributed by atoms with van der Waals surface area (Å²) in [6, 6.07) is 17.4. The maximum Gasteiger partial charge on any atom is 0.325 e. The largest absolute Gasteiger partial charge is 0.325 e. The van der Waals surface area contributed by atoms with Crippen molar-refractivity contribution >= 4 is 18.0 Å². The van der Waals surface area contributed by atoms with E-state index in [-0.39, 0.29) is 18.5 Å². The summed E-state index contributed by atoms with van der Waals surface area (Å²) in [6.45, 7) is 0.281. The van der Waals surface area contributed by atoms with Gasteiger partial charge in [-0.2, -0.15) is 0 Å². The van der Waals surface area contributed by atoms with Gasteiger partial charge in [0.25, 0.3) is 5.91 Å². The quantitative estimate of drug-likeness (QED) is 0.884. The molecule has 0 unspecified atom stereocenters. The lowest BCUT2D eigenvalue weighted by Gasteiger charge is -2.22. The molecule has 1 aliphatic carbocycles. The summed E-state index contributed by atoms with van der Waals surface area (Å²) in [4.78, 5) is 26.6. The first-order chi connectivity index (χ1) is 11.7. The van der Waals surface area contributed by atoms with E-state index in [0.717, 1.165) is 23.1 Å². The molecular formula is C20H18N2O2. The number of fused-ring (bicyclic) bond motifs is 2. The molecule has 0 aromatic heterocycles. The Morgan fingerprint density at radius 1 is 1.04 bits per heavy atom. The zero-order valence-corrected chi connectivity index (χ0v) is 13.2. The molecule has 4 nitrogen and oxygen atoms in total. The molecule has 1 heterocycles. The molecule has 1 N–H and O–H groups in total. The van der Waals surface area contributed by atoms with Gasteiger partial charge in [0.2, 0.25) is 0 Å². The molecule has 1 atom stereocenters. The van der Waals surface area contributed by atoms with Gasteiger partial charge < -0.3 is 5.32 Å². The molecule has 0 radical (unpaired) electrons. The third-order valence-corrected chi connectivity index (χ3v) is 4.82. The molecule has 0 saturated carbocycles. The number of carbonyl (C=O) groups is 2. The van der Waals surface area contributed by atoms with Gasteiger partial charge in [-0.3, -0.25) is 9.69 Å². The first-order valence-electron chi connectivity index (χ1n) is 8.15. The number of hydrogen-bond donors (Lipinski definition) is 1. The number of imide groups is 1.